The third kappa shape index (κ3) is 9.79. The van der Waals surface area contributed by atoms with Crippen molar-refractivity contribution >= 4 is 35.4 Å². The van der Waals surface area contributed by atoms with Crippen LogP contribution in [-0.4, -0.2) is 29.7 Å². The van der Waals surface area contributed by atoms with Crippen LogP contribution in [0.2, 0.25) is 0 Å². The second-order valence-corrected chi connectivity index (χ2v) is 6.32. The van der Waals surface area contributed by atoms with Gasteiger partial charge in [0.2, 0.25) is 11.6 Å². The van der Waals surface area contributed by atoms with E-state index in [0.717, 1.165) is 5.82 Å². The molecule has 0 aliphatic carbocycles. The number of aromatic nitrogens is 1. The summed E-state index contributed by atoms with van der Waals surface area (Å²) in [6.45, 7) is 6.91. The number of hydrogen-bond donors (Lipinski definition) is 4. The van der Waals surface area contributed by atoms with E-state index in [1.165, 1.54) is 16.7 Å². The van der Waals surface area contributed by atoms with E-state index in [2.05, 4.69) is 47.7 Å². The molecule has 2 rings (SSSR count). The van der Waals surface area contributed by atoms with E-state index in [1.807, 2.05) is 6.07 Å². The minimum absolute atomic E-state index is 0.311. The molecule has 0 bridgehead atoms. The summed E-state index contributed by atoms with van der Waals surface area (Å²) in [5, 5.41) is 23.1. The van der Waals surface area contributed by atoms with Crippen molar-refractivity contribution in [3.05, 3.63) is 59.2 Å². The van der Waals surface area contributed by atoms with Gasteiger partial charge in [-0.1, -0.05) is 23.8 Å². The second kappa shape index (κ2) is 12.5. The normalized spacial score (nSPS) is 10.0. The molecule has 0 aliphatic heterocycles. The maximum Gasteiger partial charge on any atom is 0.411 e. The number of ether oxygens (including phenoxy) is 1. The van der Waals surface area contributed by atoms with Gasteiger partial charge in [-0.25, -0.2) is 14.6 Å². The Labute approximate surface area is 179 Å². The molecule has 6 N–H and O–H groups in total. The van der Waals surface area contributed by atoms with Crippen molar-refractivity contribution in [2.75, 3.05) is 23.0 Å². The standard InChI is InChI=1S/C17H22N4O2.C4H4O4/c1-4-23-17(22)20-14-7-8-15(21-16(14)18)19-10-13-6-5-11(2)9-12(13)3;5-3(6)1-2-4(7)8/h5-9H,4,10H2,1-3H3,(H,20,22)(H3,18,19,21);1-2H,(H,5,6)(H,7,8)/b;2-1+. The lowest BCUT2D eigenvalue weighted by Gasteiger charge is -2.09. The number of nitrogens with two attached hydrogens (primary N) is 1. The Morgan fingerprint density at radius 3 is 2.42 bits per heavy atom. The van der Waals surface area contributed by atoms with E-state index in [9.17, 15) is 19.5 Å². The number of carboxylic acid groups (broad SMARTS) is 2. The van der Waals surface area contributed by atoms with E-state index >= 15 is 0 Å². The largest absolute Gasteiger partial charge is 0.545 e. The highest BCUT2D eigenvalue weighted by atomic mass is 16.5. The molecule has 1 heterocycles. The first-order valence-corrected chi connectivity index (χ1v) is 9.30. The summed E-state index contributed by atoms with van der Waals surface area (Å²) in [4.78, 5) is 33.4. The number of aryl methyl sites for hydroxylation is 2. The second-order valence-electron chi connectivity index (χ2n) is 6.32. The number of anilines is 3. The number of nitrogens with one attached hydrogen (secondary N) is 3. The Morgan fingerprint density at radius 2 is 1.90 bits per heavy atom. The minimum Gasteiger partial charge on any atom is -0.545 e. The fourth-order valence-corrected chi connectivity index (χ4v) is 2.37. The SMILES string of the molecule is CCOC(=O)Nc1ccc(NCc2ccc(C)cc2C)[nH+]c1N.O=C([O-])/C=C/C(=O)O. The summed E-state index contributed by atoms with van der Waals surface area (Å²) in [5.74, 6) is -1.66. The number of rotatable bonds is 7. The van der Waals surface area contributed by atoms with Gasteiger partial charge in [0.05, 0.1) is 19.1 Å². The van der Waals surface area contributed by atoms with Crippen molar-refractivity contribution in [1.29, 1.82) is 0 Å². The average molecular weight is 430 g/mol. The molecule has 10 heteroatoms. The molecule has 0 aliphatic rings. The van der Waals surface area contributed by atoms with Crippen molar-refractivity contribution < 1.29 is 34.3 Å². The molecule has 1 aromatic carbocycles. The number of pyridine rings is 1. The quantitative estimate of drug-likeness (QED) is 0.476. The van der Waals surface area contributed by atoms with E-state index in [-0.39, 0.29) is 0 Å². The highest BCUT2D eigenvalue weighted by molar-refractivity contribution is 5.88. The van der Waals surface area contributed by atoms with Gasteiger partial charge in [-0.3, -0.25) is 5.32 Å². The zero-order valence-electron chi connectivity index (χ0n) is 17.5. The lowest BCUT2D eigenvalue weighted by atomic mass is 10.1. The van der Waals surface area contributed by atoms with Crippen molar-refractivity contribution in [2.24, 2.45) is 0 Å². The van der Waals surface area contributed by atoms with Gasteiger partial charge < -0.3 is 30.8 Å². The van der Waals surface area contributed by atoms with Gasteiger partial charge in [0, 0.05) is 12.1 Å². The van der Waals surface area contributed by atoms with Gasteiger partial charge >= 0.3 is 12.1 Å². The van der Waals surface area contributed by atoms with Crippen molar-refractivity contribution in [1.82, 2.24) is 0 Å². The Kier molecular flexibility index (Phi) is 10.0. The number of carbonyl (C=O) groups is 3. The first-order valence-electron chi connectivity index (χ1n) is 9.30. The summed E-state index contributed by atoms with van der Waals surface area (Å²) in [5.41, 5.74) is 10.1. The third-order valence-electron chi connectivity index (χ3n) is 3.82. The first-order chi connectivity index (χ1) is 14.6. The van der Waals surface area contributed by atoms with Crippen LogP contribution in [0.25, 0.3) is 0 Å². The molecule has 0 radical (unpaired) electrons. The number of aliphatic carboxylic acids is 2. The van der Waals surface area contributed by atoms with E-state index < -0.39 is 18.0 Å². The number of carboxylic acids is 2. The Morgan fingerprint density at radius 1 is 1.19 bits per heavy atom. The van der Waals surface area contributed by atoms with Crippen LogP contribution in [0.4, 0.5) is 22.1 Å². The topological polar surface area (TPSA) is 168 Å². The maximum absolute atomic E-state index is 11.4. The van der Waals surface area contributed by atoms with E-state index in [1.54, 1.807) is 13.0 Å². The predicted molar refractivity (Wildman–Crippen MR) is 113 cm³/mol. The van der Waals surface area contributed by atoms with Crippen LogP contribution >= 0.6 is 0 Å². The van der Waals surface area contributed by atoms with Crippen LogP contribution in [0.15, 0.2) is 42.5 Å². The van der Waals surface area contributed by atoms with Crippen molar-refractivity contribution in [3.63, 3.8) is 0 Å². The van der Waals surface area contributed by atoms with Crippen LogP contribution in [0.5, 0.6) is 0 Å². The van der Waals surface area contributed by atoms with Gasteiger partial charge in [-0.05, 0) is 44.0 Å². The van der Waals surface area contributed by atoms with Crippen LogP contribution in [-0.2, 0) is 20.9 Å². The minimum atomic E-state index is -1.51. The van der Waals surface area contributed by atoms with Gasteiger partial charge in [0.1, 0.15) is 5.69 Å². The molecule has 0 saturated heterocycles. The molecule has 2 aromatic rings. The summed E-state index contributed by atoms with van der Waals surface area (Å²) >= 11 is 0. The molecule has 0 saturated carbocycles. The number of amides is 1. The molecule has 0 atom stereocenters. The molecule has 1 aromatic heterocycles. The molecular weight excluding hydrogens is 404 g/mol. The van der Waals surface area contributed by atoms with Gasteiger partial charge in [0.15, 0.2) is 0 Å². The van der Waals surface area contributed by atoms with Gasteiger partial charge in [-0.15, -0.1) is 0 Å². The zero-order valence-corrected chi connectivity index (χ0v) is 17.5. The first kappa shape index (κ1) is 25.0. The molecular formula is C21H26N4O6. The van der Waals surface area contributed by atoms with Crippen molar-refractivity contribution in [3.8, 4) is 0 Å². The number of hydrogen-bond acceptors (Lipinski definition) is 7. The summed E-state index contributed by atoms with van der Waals surface area (Å²) in [6.07, 6.45) is 0.418. The zero-order chi connectivity index (χ0) is 23.4. The Balaban J connectivity index is 0.000000512. The summed E-state index contributed by atoms with van der Waals surface area (Å²) in [7, 11) is 0. The number of aromatic amines is 1. The summed E-state index contributed by atoms with van der Waals surface area (Å²) < 4.78 is 4.82. The molecule has 10 nitrogen and oxygen atoms in total. The maximum atomic E-state index is 11.4. The van der Waals surface area contributed by atoms with Gasteiger partial charge in [0.25, 0.3) is 0 Å². The molecule has 0 spiro atoms. The Bertz CT molecular complexity index is 943. The van der Waals surface area contributed by atoms with Crippen molar-refractivity contribution in [2.45, 2.75) is 27.3 Å². The van der Waals surface area contributed by atoms with E-state index in [4.69, 9.17) is 15.6 Å². The highest BCUT2D eigenvalue weighted by Gasteiger charge is 2.10. The molecule has 0 unspecified atom stereocenters. The number of carbonyl (C=O) groups excluding carboxylic acids is 2. The molecule has 0 fully saturated rings. The monoisotopic (exact) mass is 430 g/mol. The fraction of sp³-hybridized carbons (Fsp3) is 0.238. The third-order valence-corrected chi connectivity index (χ3v) is 3.82. The van der Waals surface area contributed by atoms with Gasteiger partial charge in [-0.2, -0.15) is 0 Å². The lowest BCUT2D eigenvalue weighted by Crippen LogP contribution is -2.21. The van der Waals surface area contributed by atoms with Crippen LogP contribution < -0.4 is 26.5 Å². The number of benzene rings is 1. The molecule has 1 amide bonds. The number of H-pyrrole nitrogens is 1. The molecule has 31 heavy (non-hydrogen) atoms. The lowest BCUT2D eigenvalue weighted by molar-refractivity contribution is -0.342. The van der Waals surface area contributed by atoms with E-state index in [0.29, 0.717) is 36.8 Å². The van der Waals surface area contributed by atoms with Crippen LogP contribution in [0.3, 0.4) is 0 Å². The predicted octanol–water partition coefficient (Wildman–Crippen LogP) is 1.26. The highest BCUT2D eigenvalue weighted by Crippen LogP contribution is 2.16. The molecule has 166 valence electrons. The summed E-state index contributed by atoms with van der Waals surface area (Å²) in [6, 6.07) is 9.90. The Hall–Kier alpha value is -4.08. The smallest absolute Gasteiger partial charge is 0.411 e. The van der Waals surface area contributed by atoms with Crippen LogP contribution in [0.1, 0.15) is 23.6 Å². The average Bonchev–Trinajstić information content (AvgIpc) is 2.68. The fourth-order valence-electron chi connectivity index (χ4n) is 2.37. The van der Waals surface area contributed by atoms with Crippen LogP contribution in [0, 0.1) is 13.8 Å². The number of nitrogen functional groups attached to an aromatic ring is 1.